The Labute approximate surface area is 111 Å². The molecule has 1 aliphatic rings. The van der Waals surface area contributed by atoms with E-state index >= 15 is 0 Å². The smallest absolute Gasteiger partial charge is 0.212 e. The van der Waals surface area contributed by atoms with Gasteiger partial charge in [0.2, 0.25) is 10.0 Å². The monoisotopic (exact) mass is 278 g/mol. The summed E-state index contributed by atoms with van der Waals surface area (Å²) in [6, 6.07) is 0.393. The Balaban J connectivity index is 2.34. The summed E-state index contributed by atoms with van der Waals surface area (Å²) in [5.41, 5.74) is -0.428. The third kappa shape index (κ3) is 6.13. The molecular weight excluding hydrogens is 252 g/mol. The molecule has 0 bridgehead atoms. The molecule has 0 amide bonds. The molecule has 1 rings (SSSR count). The van der Waals surface area contributed by atoms with Gasteiger partial charge in [0.25, 0.3) is 0 Å². The number of hydrogen-bond donors (Lipinski definition) is 2. The van der Waals surface area contributed by atoms with Gasteiger partial charge in [0, 0.05) is 12.6 Å². The highest BCUT2D eigenvalue weighted by molar-refractivity contribution is 7.89. The molecule has 0 aromatic rings. The van der Waals surface area contributed by atoms with Crippen LogP contribution in [0, 0.1) is 0 Å². The van der Waals surface area contributed by atoms with Crippen molar-refractivity contribution in [1.29, 1.82) is 0 Å². The predicted molar refractivity (Wildman–Crippen MR) is 73.1 cm³/mol. The molecule has 1 aliphatic heterocycles. The van der Waals surface area contributed by atoms with Crippen molar-refractivity contribution in [1.82, 2.24) is 10.0 Å². The highest BCUT2D eigenvalue weighted by Crippen LogP contribution is 2.19. The fourth-order valence-electron chi connectivity index (χ4n) is 2.09. The van der Waals surface area contributed by atoms with E-state index < -0.39 is 15.6 Å². The van der Waals surface area contributed by atoms with E-state index in [-0.39, 0.29) is 5.75 Å². The van der Waals surface area contributed by atoms with Crippen LogP contribution in [-0.2, 0) is 14.8 Å². The van der Waals surface area contributed by atoms with Crippen LogP contribution in [0.5, 0.6) is 0 Å². The number of nitrogens with one attached hydrogen (secondary N) is 2. The second kappa shape index (κ2) is 6.84. The zero-order valence-electron chi connectivity index (χ0n) is 11.7. The molecule has 5 nitrogen and oxygen atoms in total. The van der Waals surface area contributed by atoms with Gasteiger partial charge in [0.05, 0.1) is 17.9 Å². The summed E-state index contributed by atoms with van der Waals surface area (Å²) in [7, 11) is -3.21. The van der Waals surface area contributed by atoms with Gasteiger partial charge in [-0.2, -0.15) is 0 Å². The molecule has 1 heterocycles. The molecule has 0 aromatic carbocycles. The fraction of sp³-hybridized carbons (Fsp3) is 1.00. The molecule has 108 valence electrons. The Morgan fingerprint density at radius 1 is 1.39 bits per heavy atom. The fourth-order valence-corrected chi connectivity index (χ4v) is 3.63. The third-order valence-electron chi connectivity index (χ3n) is 2.98. The normalized spacial score (nSPS) is 25.6. The van der Waals surface area contributed by atoms with Crippen LogP contribution < -0.4 is 10.0 Å². The van der Waals surface area contributed by atoms with Crippen molar-refractivity contribution in [2.45, 2.75) is 51.6 Å². The van der Waals surface area contributed by atoms with Gasteiger partial charge >= 0.3 is 0 Å². The topological polar surface area (TPSA) is 67.4 Å². The van der Waals surface area contributed by atoms with E-state index in [0.717, 1.165) is 26.0 Å². The molecule has 0 radical (unpaired) electrons. The maximum Gasteiger partial charge on any atom is 0.212 e. The van der Waals surface area contributed by atoms with E-state index in [2.05, 4.69) is 10.0 Å². The largest absolute Gasteiger partial charge is 0.380 e. The van der Waals surface area contributed by atoms with Crippen molar-refractivity contribution in [2.24, 2.45) is 0 Å². The van der Waals surface area contributed by atoms with Gasteiger partial charge in [-0.15, -0.1) is 0 Å². The standard InChI is InChI=1S/C12H26N2O3S/c1-11(2)13-7-5-9-18(15,16)14-12(3)6-4-8-17-10-12/h11,13-14H,4-10H2,1-3H3. The van der Waals surface area contributed by atoms with Gasteiger partial charge in [-0.3, -0.25) is 0 Å². The van der Waals surface area contributed by atoms with Crippen molar-refractivity contribution in [2.75, 3.05) is 25.5 Å². The van der Waals surface area contributed by atoms with Gasteiger partial charge in [0.1, 0.15) is 0 Å². The lowest BCUT2D eigenvalue weighted by Crippen LogP contribution is -2.52. The summed E-state index contributed by atoms with van der Waals surface area (Å²) in [6.07, 6.45) is 2.38. The van der Waals surface area contributed by atoms with Gasteiger partial charge in [-0.1, -0.05) is 13.8 Å². The van der Waals surface area contributed by atoms with Crippen molar-refractivity contribution >= 4 is 10.0 Å². The van der Waals surface area contributed by atoms with E-state index in [0.29, 0.717) is 19.1 Å². The van der Waals surface area contributed by atoms with Crippen LogP contribution in [0.4, 0.5) is 0 Å². The van der Waals surface area contributed by atoms with Gasteiger partial charge in [0.15, 0.2) is 0 Å². The van der Waals surface area contributed by atoms with Gasteiger partial charge in [-0.25, -0.2) is 13.1 Å². The highest BCUT2D eigenvalue weighted by Gasteiger charge is 2.31. The van der Waals surface area contributed by atoms with Crippen molar-refractivity contribution < 1.29 is 13.2 Å². The molecule has 1 unspecified atom stereocenters. The second-order valence-electron chi connectivity index (χ2n) is 5.60. The third-order valence-corrected chi connectivity index (χ3v) is 4.61. The average Bonchev–Trinajstić information content (AvgIpc) is 2.24. The van der Waals surface area contributed by atoms with Gasteiger partial charge in [-0.05, 0) is 32.7 Å². The first-order valence-electron chi connectivity index (χ1n) is 6.66. The molecule has 0 saturated carbocycles. The van der Waals surface area contributed by atoms with E-state index in [1.807, 2.05) is 20.8 Å². The van der Waals surface area contributed by atoms with E-state index in [9.17, 15) is 8.42 Å². The van der Waals surface area contributed by atoms with Crippen LogP contribution in [0.3, 0.4) is 0 Å². The molecular formula is C12H26N2O3S. The second-order valence-corrected chi connectivity index (χ2v) is 7.44. The number of hydrogen-bond acceptors (Lipinski definition) is 4. The molecule has 18 heavy (non-hydrogen) atoms. The summed E-state index contributed by atoms with van der Waals surface area (Å²) in [5.74, 6) is 0.169. The zero-order valence-corrected chi connectivity index (χ0v) is 12.5. The molecule has 0 aliphatic carbocycles. The Morgan fingerprint density at radius 2 is 2.11 bits per heavy atom. The number of ether oxygens (including phenoxy) is 1. The maximum atomic E-state index is 12.0. The minimum atomic E-state index is -3.21. The van der Waals surface area contributed by atoms with Crippen LogP contribution in [0.1, 0.15) is 40.0 Å². The van der Waals surface area contributed by atoms with Crippen LogP contribution in [-0.4, -0.2) is 45.5 Å². The first-order valence-corrected chi connectivity index (χ1v) is 8.31. The lowest BCUT2D eigenvalue weighted by Gasteiger charge is -2.33. The van der Waals surface area contributed by atoms with E-state index in [4.69, 9.17) is 4.74 Å². The molecule has 1 atom stereocenters. The van der Waals surface area contributed by atoms with Gasteiger partial charge < -0.3 is 10.1 Å². The maximum absolute atomic E-state index is 12.0. The molecule has 6 heteroatoms. The van der Waals surface area contributed by atoms with E-state index in [1.54, 1.807) is 0 Å². The first-order chi connectivity index (χ1) is 8.33. The Hall–Kier alpha value is -0.170. The highest BCUT2D eigenvalue weighted by atomic mass is 32.2. The van der Waals surface area contributed by atoms with Crippen LogP contribution in [0.15, 0.2) is 0 Å². The summed E-state index contributed by atoms with van der Waals surface area (Å²) in [5, 5.41) is 3.21. The first kappa shape index (κ1) is 15.9. The molecule has 0 spiro atoms. The summed E-state index contributed by atoms with van der Waals surface area (Å²) >= 11 is 0. The molecule has 1 fully saturated rings. The summed E-state index contributed by atoms with van der Waals surface area (Å²) < 4.78 is 32.0. The van der Waals surface area contributed by atoms with Crippen LogP contribution in [0.2, 0.25) is 0 Å². The average molecular weight is 278 g/mol. The Kier molecular flexibility index (Phi) is 6.04. The number of rotatable bonds is 7. The van der Waals surface area contributed by atoms with Crippen LogP contribution in [0.25, 0.3) is 0 Å². The lowest BCUT2D eigenvalue weighted by molar-refractivity contribution is 0.0386. The lowest BCUT2D eigenvalue weighted by atomic mass is 9.97. The Morgan fingerprint density at radius 3 is 2.67 bits per heavy atom. The predicted octanol–water partition coefficient (Wildman–Crippen LogP) is 0.863. The number of sulfonamides is 1. The summed E-state index contributed by atoms with van der Waals surface area (Å²) in [6.45, 7) is 7.94. The minimum Gasteiger partial charge on any atom is -0.380 e. The van der Waals surface area contributed by atoms with Crippen molar-refractivity contribution in [3.05, 3.63) is 0 Å². The van der Waals surface area contributed by atoms with Crippen LogP contribution >= 0.6 is 0 Å². The van der Waals surface area contributed by atoms with Crippen molar-refractivity contribution in [3.63, 3.8) is 0 Å². The quantitative estimate of drug-likeness (QED) is 0.678. The Bertz CT molecular complexity index is 335. The van der Waals surface area contributed by atoms with E-state index in [1.165, 1.54) is 0 Å². The SMILES string of the molecule is CC(C)NCCCS(=O)(=O)NC1(C)CCCOC1. The zero-order chi connectivity index (χ0) is 13.6. The minimum absolute atomic E-state index is 0.169. The van der Waals surface area contributed by atoms with Crippen molar-refractivity contribution in [3.8, 4) is 0 Å². The molecule has 0 aromatic heterocycles. The summed E-state index contributed by atoms with van der Waals surface area (Å²) in [4.78, 5) is 0. The molecule has 2 N–H and O–H groups in total. The molecule has 1 saturated heterocycles.